The third-order valence-corrected chi connectivity index (χ3v) is 9.09. The molecular weight excluding hydrogens is 423 g/mol. The third kappa shape index (κ3) is 4.76. The largest absolute Gasteiger partial charge is 0.500 e. The Morgan fingerprint density at radius 3 is 2.22 bits per heavy atom. The van der Waals surface area contributed by atoms with Crippen molar-refractivity contribution in [1.29, 1.82) is 0 Å². The van der Waals surface area contributed by atoms with Crippen molar-refractivity contribution >= 4 is 18.0 Å². The Morgan fingerprint density at radius 2 is 1.66 bits per heavy atom. The van der Waals surface area contributed by atoms with Crippen LogP contribution in [0, 0.1) is 5.41 Å². The van der Waals surface area contributed by atoms with E-state index < -0.39 is 18.5 Å². The van der Waals surface area contributed by atoms with Crippen LogP contribution in [0.25, 0.3) is 0 Å². The summed E-state index contributed by atoms with van der Waals surface area (Å²) in [5, 5.41) is 0.551. The minimum Gasteiger partial charge on any atom is -0.500 e. The maximum atomic E-state index is 14.5. The molecule has 2 aliphatic carbocycles. The number of rotatable bonds is 8. The molecular formula is C26H33O5P. The van der Waals surface area contributed by atoms with Crippen LogP contribution >= 0.6 is 7.14 Å². The van der Waals surface area contributed by atoms with Gasteiger partial charge in [-0.3, -0.25) is 4.79 Å². The lowest BCUT2D eigenvalue weighted by Gasteiger charge is -2.32. The van der Waals surface area contributed by atoms with Crippen LogP contribution in [-0.4, -0.2) is 38.8 Å². The Labute approximate surface area is 191 Å². The van der Waals surface area contributed by atoms with Gasteiger partial charge in [-0.25, -0.2) is 0 Å². The normalized spacial score (nSPS) is 21.4. The molecule has 0 radical (unpaired) electrons. The predicted octanol–water partition coefficient (Wildman–Crippen LogP) is 5.35. The Bertz CT molecular complexity index is 1040. The van der Waals surface area contributed by atoms with E-state index in [-0.39, 0.29) is 18.0 Å². The SMILES string of the molecule is COC1=C(C(=O)P(=O)(CC2=C(C)CC(C)(C)C=C2)c2ccccc2)C=CC(OC)(OC)C1. The lowest BCUT2D eigenvalue weighted by molar-refractivity contribution is -0.174. The number of carbonyl (C=O) groups excluding carboxylic acids is 1. The molecule has 0 bridgehead atoms. The van der Waals surface area contributed by atoms with E-state index in [4.69, 9.17) is 14.2 Å². The second kappa shape index (κ2) is 9.35. The van der Waals surface area contributed by atoms with E-state index in [1.165, 1.54) is 26.9 Å². The number of hydrogen-bond donors (Lipinski definition) is 0. The smallest absolute Gasteiger partial charge is 0.229 e. The Morgan fingerprint density at radius 1 is 1.00 bits per heavy atom. The maximum Gasteiger partial charge on any atom is 0.229 e. The van der Waals surface area contributed by atoms with Gasteiger partial charge in [-0.05, 0) is 36.5 Å². The monoisotopic (exact) mass is 456 g/mol. The van der Waals surface area contributed by atoms with Gasteiger partial charge in [-0.2, -0.15) is 0 Å². The van der Waals surface area contributed by atoms with E-state index in [0.717, 1.165) is 12.0 Å². The van der Waals surface area contributed by atoms with Crippen LogP contribution in [0.4, 0.5) is 0 Å². The van der Waals surface area contributed by atoms with Crippen LogP contribution in [0.15, 0.2) is 77.1 Å². The van der Waals surface area contributed by atoms with Crippen molar-refractivity contribution in [2.24, 2.45) is 5.41 Å². The van der Waals surface area contributed by atoms with E-state index in [2.05, 4.69) is 26.8 Å². The summed E-state index contributed by atoms with van der Waals surface area (Å²) in [7, 11) is 1.07. The summed E-state index contributed by atoms with van der Waals surface area (Å²) in [5.74, 6) is -0.605. The summed E-state index contributed by atoms with van der Waals surface area (Å²) in [4.78, 5) is 13.9. The van der Waals surface area contributed by atoms with Gasteiger partial charge < -0.3 is 18.8 Å². The number of hydrogen-bond acceptors (Lipinski definition) is 5. The van der Waals surface area contributed by atoms with Gasteiger partial charge in [-0.1, -0.05) is 61.9 Å². The topological polar surface area (TPSA) is 61.8 Å². The highest BCUT2D eigenvalue weighted by Crippen LogP contribution is 2.52. The first-order valence-corrected chi connectivity index (χ1v) is 12.6. The van der Waals surface area contributed by atoms with Crippen LogP contribution in [0.3, 0.4) is 0 Å². The first-order chi connectivity index (χ1) is 15.1. The zero-order valence-electron chi connectivity index (χ0n) is 19.8. The van der Waals surface area contributed by atoms with Gasteiger partial charge >= 0.3 is 0 Å². The van der Waals surface area contributed by atoms with Crippen LogP contribution in [-0.2, 0) is 23.6 Å². The highest BCUT2D eigenvalue weighted by atomic mass is 31.2. The standard InChI is InChI=1S/C26H33O5P/c1-19-16-25(2,3)14-12-20(19)18-32(28,21-10-8-7-9-11-21)24(27)22-13-15-26(30-5,31-6)17-23(22)29-4/h7-15H,16-18H2,1-6H3. The van der Waals surface area contributed by atoms with Gasteiger partial charge in [0.25, 0.3) is 0 Å². The Balaban J connectivity index is 2.07. The molecule has 2 aliphatic rings. The third-order valence-electron chi connectivity index (χ3n) is 6.28. The number of methoxy groups -OCH3 is 3. The molecule has 1 aromatic carbocycles. The van der Waals surface area contributed by atoms with Crippen LogP contribution < -0.4 is 5.30 Å². The predicted molar refractivity (Wildman–Crippen MR) is 128 cm³/mol. The molecule has 0 amide bonds. The second-order valence-electron chi connectivity index (χ2n) is 9.11. The Kier molecular flexibility index (Phi) is 7.14. The van der Waals surface area contributed by atoms with Gasteiger partial charge in [0.05, 0.1) is 19.1 Å². The second-order valence-corrected chi connectivity index (χ2v) is 11.8. The fourth-order valence-corrected chi connectivity index (χ4v) is 6.97. The minimum absolute atomic E-state index is 0.0514. The molecule has 32 heavy (non-hydrogen) atoms. The number of benzene rings is 1. The van der Waals surface area contributed by atoms with E-state index >= 15 is 0 Å². The highest BCUT2D eigenvalue weighted by molar-refractivity contribution is 7.87. The average molecular weight is 457 g/mol. The van der Waals surface area contributed by atoms with Crippen molar-refractivity contribution in [2.45, 2.75) is 39.4 Å². The van der Waals surface area contributed by atoms with Crippen LogP contribution in [0.5, 0.6) is 0 Å². The molecule has 0 N–H and O–H groups in total. The highest BCUT2D eigenvalue weighted by Gasteiger charge is 2.41. The van der Waals surface area contributed by atoms with Gasteiger partial charge in [0.2, 0.25) is 5.52 Å². The summed E-state index contributed by atoms with van der Waals surface area (Å²) in [6, 6.07) is 9.05. The van der Waals surface area contributed by atoms with E-state index in [1.54, 1.807) is 24.3 Å². The molecule has 1 unspecified atom stereocenters. The van der Waals surface area contributed by atoms with Crippen molar-refractivity contribution < 1.29 is 23.6 Å². The first kappa shape index (κ1) is 24.4. The molecule has 172 valence electrons. The van der Waals surface area contributed by atoms with Crippen LogP contribution in [0.2, 0.25) is 0 Å². The van der Waals surface area contributed by atoms with Crippen molar-refractivity contribution in [1.82, 2.24) is 0 Å². The molecule has 5 nitrogen and oxygen atoms in total. The number of carbonyl (C=O) groups is 1. The van der Waals surface area contributed by atoms with E-state index in [1.807, 2.05) is 24.3 Å². The molecule has 0 saturated carbocycles. The minimum atomic E-state index is -3.51. The van der Waals surface area contributed by atoms with Gasteiger partial charge in [0, 0.05) is 25.7 Å². The van der Waals surface area contributed by atoms with Gasteiger partial charge in [-0.15, -0.1) is 0 Å². The fraction of sp³-hybridized carbons (Fsp3) is 0.423. The molecule has 1 aromatic rings. The molecule has 0 heterocycles. The maximum absolute atomic E-state index is 14.5. The molecule has 0 spiro atoms. The fourth-order valence-electron chi connectivity index (χ4n) is 4.31. The van der Waals surface area contributed by atoms with Gasteiger partial charge in [0.15, 0.2) is 12.9 Å². The zero-order chi connectivity index (χ0) is 23.6. The zero-order valence-corrected chi connectivity index (χ0v) is 20.7. The number of allylic oxidation sites excluding steroid dienone is 6. The molecule has 0 aromatic heterocycles. The quantitative estimate of drug-likeness (QED) is 0.390. The van der Waals surface area contributed by atoms with E-state index in [9.17, 15) is 9.36 Å². The summed E-state index contributed by atoms with van der Waals surface area (Å²) in [6.45, 7) is 6.41. The molecule has 3 rings (SSSR count). The van der Waals surface area contributed by atoms with Crippen LogP contribution in [0.1, 0.15) is 33.6 Å². The molecule has 0 fully saturated rings. The summed E-state index contributed by atoms with van der Waals surface area (Å²) < 4.78 is 31.1. The molecule has 1 atom stereocenters. The van der Waals surface area contributed by atoms with Crippen molar-refractivity contribution in [3.05, 3.63) is 77.1 Å². The lowest BCUT2D eigenvalue weighted by Crippen LogP contribution is -2.35. The lowest BCUT2D eigenvalue weighted by atomic mass is 9.80. The summed E-state index contributed by atoms with van der Waals surface area (Å²) in [5.41, 5.74) is 2.08. The van der Waals surface area contributed by atoms with Gasteiger partial charge in [0.1, 0.15) is 5.76 Å². The van der Waals surface area contributed by atoms with E-state index in [0.29, 0.717) is 16.6 Å². The number of ether oxygens (including phenoxy) is 3. The first-order valence-electron chi connectivity index (χ1n) is 10.7. The molecule has 6 heteroatoms. The molecule has 0 aliphatic heterocycles. The van der Waals surface area contributed by atoms with Crippen molar-refractivity contribution in [3.63, 3.8) is 0 Å². The summed E-state index contributed by atoms with van der Waals surface area (Å²) in [6.07, 6.45) is 8.75. The Hall–Kier alpha value is -2.20. The van der Waals surface area contributed by atoms with Crippen molar-refractivity contribution in [3.8, 4) is 0 Å². The van der Waals surface area contributed by atoms with Crippen molar-refractivity contribution in [2.75, 3.05) is 27.5 Å². The average Bonchev–Trinajstić information content (AvgIpc) is 2.80. The summed E-state index contributed by atoms with van der Waals surface area (Å²) >= 11 is 0. The molecule has 0 saturated heterocycles.